The number of hydrogen-bond donors (Lipinski definition) is 2. The Morgan fingerprint density at radius 2 is 2.00 bits per heavy atom. The number of hydrogen-bond acceptors (Lipinski definition) is 2. The van der Waals surface area contributed by atoms with Crippen LogP contribution in [0.25, 0.3) is 22.4 Å². The number of nitrogens with one attached hydrogen (secondary N) is 2. The fourth-order valence-electron chi connectivity index (χ4n) is 5.56. The van der Waals surface area contributed by atoms with E-state index in [-0.39, 0.29) is 0 Å². The van der Waals surface area contributed by atoms with Crippen molar-refractivity contribution in [2.24, 2.45) is 17.8 Å². The summed E-state index contributed by atoms with van der Waals surface area (Å²) < 4.78 is 2.34. The van der Waals surface area contributed by atoms with Crippen LogP contribution >= 0.6 is 0 Å². The maximum absolute atomic E-state index is 4.92. The lowest BCUT2D eigenvalue weighted by Gasteiger charge is -2.25. The van der Waals surface area contributed by atoms with Gasteiger partial charge in [-0.05, 0) is 80.9 Å². The van der Waals surface area contributed by atoms with Gasteiger partial charge >= 0.3 is 0 Å². The van der Waals surface area contributed by atoms with Gasteiger partial charge in [0.05, 0.1) is 6.04 Å². The van der Waals surface area contributed by atoms with E-state index < -0.39 is 0 Å². The quantitative estimate of drug-likeness (QED) is 0.505. The maximum Gasteiger partial charge on any atom is 0.154 e. The summed E-state index contributed by atoms with van der Waals surface area (Å²) in [6, 6.07) is 2.68. The average Bonchev–Trinajstić information content (AvgIpc) is 3.17. The van der Waals surface area contributed by atoms with Crippen LogP contribution in [0, 0.1) is 43.4 Å². The summed E-state index contributed by atoms with van der Waals surface area (Å²) >= 11 is 0. The molecule has 3 aromatic rings. The van der Waals surface area contributed by atoms with Crippen molar-refractivity contribution in [3.63, 3.8) is 0 Å². The molecule has 3 aliphatic carbocycles. The molecule has 0 aliphatic heterocycles. The lowest BCUT2D eigenvalue weighted by molar-refractivity contribution is 0.304. The van der Waals surface area contributed by atoms with Crippen LogP contribution in [-0.2, 0) is 0 Å². The molecule has 0 radical (unpaired) electrons. The van der Waals surface area contributed by atoms with Crippen LogP contribution in [0.15, 0.2) is 30.9 Å². The molecular formula is C27H31N5. The van der Waals surface area contributed by atoms with Crippen LogP contribution in [-0.4, -0.2) is 24.7 Å². The van der Waals surface area contributed by atoms with E-state index in [0.29, 0.717) is 6.04 Å². The van der Waals surface area contributed by atoms with Crippen molar-refractivity contribution in [3.05, 3.63) is 47.5 Å². The molecule has 3 unspecified atom stereocenters. The first-order valence-electron chi connectivity index (χ1n) is 12.1. The normalized spacial score (nSPS) is 23.9. The van der Waals surface area contributed by atoms with Gasteiger partial charge in [0, 0.05) is 47.7 Å². The predicted molar refractivity (Wildman–Crippen MR) is 127 cm³/mol. The predicted octanol–water partition coefficient (Wildman–Crippen LogP) is 6.01. The monoisotopic (exact) mass is 425 g/mol. The Morgan fingerprint density at radius 3 is 2.78 bits per heavy atom. The standard InChI is InChI=1S/C27H31N5/c1-17-10-23-24(15-30-26(23)28-13-17)27-29-14-18(2)22(5-3-4-19-6-7-19)16-32(31-27)25-12-20-8-9-21(25)11-20/h10,13-16,19-21,25H,4,6-9,11-12H2,1-2H3,(H,28,30)(H,29,31). The van der Waals surface area contributed by atoms with Crippen LogP contribution in [0.5, 0.6) is 0 Å². The minimum atomic E-state index is 0.496. The fourth-order valence-corrected chi connectivity index (χ4v) is 5.56. The van der Waals surface area contributed by atoms with Gasteiger partial charge in [-0.15, -0.1) is 0 Å². The van der Waals surface area contributed by atoms with E-state index in [0.717, 1.165) is 63.3 Å². The third-order valence-corrected chi connectivity index (χ3v) is 7.61. The Morgan fingerprint density at radius 1 is 1.09 bits per heavy atom. The second-order valence-corrected chi connectivity index (χ2v) is 10.2. The Bertz CT molecular complexity index is 1270. The summed E-state index contributed by atoms with van der Waals surface area (Å²) in [5, 5.41) is 4.81. The van der Waals surface area contributed by atoms with Crippen LogP contribution in [0.3, 0.4) is 0 Å². The number of nitrogens with zero attached hydrogens (tertiary/aromatic N) is 3. The molecule has 0 spiro atoms. The van der Waals surface area contributed by atoms with E-state index in [9.17, 15) is 0 Å². The summed E-state index contributed by atoms with van der Waals surface area (Å²) in [7, 11) is 0. The molecule has 3 aliphatic rings. The molecule has 0 aromatic carbocycles. The van der Waals surface area contributed by atoms with Crippen LogP contribution in [0.2, 0.25) is 0 Å². The van der Waals surface area contributed by atoms with Crippen molar-refractivity contribution in [1.82, 2.24) is 24.7 Å². The highest BCUT2D eigenvalue weighted by molar-refractivity contribution is 5.91. The number of aryl methyl sites for hydroxylation is 2. The highest BCUT2D eigenvalue weighted by atomic mass is 15.3. The highest BCUT2D eigenvalue weighted by Crippen LogP contribution is 2.50. The zero-order chi connectivity index (χ0) is 21.7. The molecule has 5 nitrogen and oxygen atoms in total. The number of rotatable bonds is 3. The number of fused-ring (bicyclic) bond motifs is 3. The van der Waals surface area contributed by atoms with E-state index in [2.05, 4.69) is 57.7 Å². The molecule has 3 saturated carbocycles. The molecule has 3 atom stereocenters. The topological polar surface area (TPSA) is 62.3 Å². The van der Waals surface area contributed by atoms with Crippen molar-refractivity contribution in [1.29, 1.82) is 0 Å². The Hall–Kier alpha value is -3.00. The third kappa shape index (κ3) is 3.72. The second-order valence-electron chi connectivity index (χ2n) is 10.2. The van der Waals surface area contributed by atoms with Gasteiger partial charge in [-0.2, -0.15) is 0 Å². The summed E-state index contributed by atoms with van der Waals surface area (Å²) in [6.45, 7) is 4.21. The van der Waals surface area contributed by atoms with Crippen LogP contribution in [0.1, 0.15) is 67.7 Å². The second kappa shape index (κ2) is 7.85. The Kier molecular flexibility index (Phi) is 4.82. The number of aromatic nitrogens is 5. The molecule has 164 valence electrons. The van der Waals surface area contributed by atoms with Gasteiger partial charge in [0.15, 0.2) is 5.82 Å². The van der Waals surface area contributed by atoms with Crippen LogP contribution < -0.4 is 0 Å². The van der Waals surface area contributed by atoms with Crippen molar-refractivity contribution in [2.75, 3.05) is 0 Å². The molecule has 32 heavy (non-hydrogen) atoms. The molecular weight excluding hydrogens is 394 g/mol. The van der Waals surface area contributed by atoms with Crippen molar-refractivity contribution >= 4 is 11.0 Å². The average molecular weight is 426 g/mol. The van der Waals surface area contributed by atoms with E-state index in [1.54, 1.807) is 0 Å². The zero-order valence-electron chi connectivity index (χ0n) is 19.0. The van der Waals surface area contributed by atoms with E-state index in [4.69, 9.17) is 4.98 Å². The highest BCUT2D eigenvalue weighted by Gasteiger charge is 2.40. The molecule has 0 amide bonds. The summed E-state index contributed by atoms with van der Waals surface area (Å²) in [5.41, 5.74) is 5.31. The van der Waals surface area contributed by atoms with Crippen molar-refractivity contribution in [3.8, 4) is 23.2 Å². The molecule has 3 aromatic heterocycles. The molecule has 3 fully saturated rings. The molecule has 6 rings (SSSR count). The van der Waals surface area contributed by atoms with Gasteiger partial charge in [-0.3, -0.25) is 9.78 Å². The number of H-pyrrole nitrogens is 2. The van der Waals surface area contributed by atoms with Crippen molar-refractivity contribution in [2.45, 2.75) is 64.8 Å². The SMILES string of the molecule is Cc1cnc2[nH]cc(-c3ncc(C)c(C#CCC4CC4)cn(C4CC5CCC4C5)[nH]3)c2c1. The number of pyridine rings is 1. The zero-order valence-corrected chi connectivity index (χ0v) is 19.0. The van der Waals surface area contributed by atoms with Gasteiger partial charge in [0.25, 0.3) is 0 Å². The maximum atomic E-state index is 4.92. The first-order valence-corrected chi connectivity index (χ1v) is 12.1. The van der Waals surface area contributed by atoms with Crippen LogP contribution in [0.4, 0.5) is 0 Å². The minimum Gasteiger partial charge on any atom is -0.345 e. The van der Waals surface area contributed by atoms with Gasteiger partial charge < -0.3 is 4.98 Å². The van der Waals surface area contributed by atoms with Gasteiger partial charge in [0.1, 0.15) is 5.65 Å². The van der Waals surface area contributed by atoms with Crippen molar-refractivity contribution < 1.29 is 0 Å². The summed E-state index contributed by atoms with van der Waals surface area (Å²) in [6.07, 6.45) is 17.2. The van der Waals surface area contributed by atoms with E-state index >= 15 is 0 Å². The lowest BCUT2D eigenvalue weighted by Crippen LogP contribution is -2.19. The number of aromatic amines is 2. The van der Waals surface area contributed by atoms with E-state index in [1.807, 2.05) is 18.6 Å². The summed E-state index contributed by atoms with van der Waals surface area (Å²) in [5.74, 6) is 10.2. The minimum absolute atomic E-state index is 0.496. The molecule has 2 bridgehead atoms. The smallest absolute Gasteiger partial charge is 0.154 e. The molecule has 5 heteroatoms. The van der Waals surface area contributed by atoms with E-state index in [1.165, 1.54) is 38.5 Å². The Labute approximate surface area is 189 Å². The van der Waals surface area contributed by atoms with Gasteiger partial charge in [-0.25, -0.2) is 9.97 Å². The Balaban J connectivity index is 1.49. The fraction of sp³-hybridized carbons (Fsp3) is 0.481. The third-order valence-electron chi connectivity index (χ3n) is 7.61. The molecule has 3 heterocycles. The summed E-state index contributed by atoms with van der Waals surface area (Å²) in [4.78, 5) is 12.8. The van der Waals surface area contributed by atoms with Gasteiger partial charge in [0.2, 0.25) is 0 Å². The lowest BCUT2D eigenvalue weighted by atomic mass is 9.95. The first-order chi connectivity index (χ1) is 15.6. The first kappa shape index (κ1) is 19.7. The molecule has 0 saturated heterocycles. The van der Waals surface area contributed by atoms with Gasteiger partial charge in [-0.1, -0.05) is 18.3 Å². The molecule has 2 N–H and O–H groups in total. The largest absolute Gasteiger partial charge is 0.345 e.